The van der Waals surface area contributed by atoms with Crippen LogP contribution in [0.2, 0.25) is 0 Å². The molecule has 216 valence electrons. The van der Waals surface area contributed by atoms with Crippen molar-refractivity contribution in [3.05, 3.63) is 89.0 Å². The van der Waals surface area contributed by atoms with Gasteiger partial charge in [0, 0.05) is 42.9 Å². The SMILES string of the molecule is COc1ccc(C(=N)c2ccc(OC)cc2C(N)=NC2CCN(Cc3ccc(OCC4CCCO4)cc3)CC2)cc1. The van der Waals surface area contributed by atoms with E-state index in [0.29, 0.717) is 23.9 Å². The smallest absolute Gasteiger partial charge is 0.126 e. The molecule has 1 unspecified atom stereocenters. The molecule has 0 aliphatic carbocycles. The Morgan fingerprint density at radius 1 is 0.902 bits per heavy atom. The van der Waals surface area contributed by atoms with Crippen molar-refractivity contribution in [2.45, 2.75) is 44.4 Å². The largest absolute Gasteiger partial charge is 0.497 e. The Kier molecular flexibility index (Phi) is 9.54. The van der Waals surface area contributed by atoms with Crippen molar-refractivity contribution in [3.8, 4) is 17.2 Å². The molecule has 2 aliphatic heterocycles. The zero-order valence-electron chi connectivity index (χ0n) is 24.0. The van der Waals surface area contributed by atoms with Gasteiger partial charge in [0.05, 0.1) is 32.1 Å². The third-order valence-corrected chi connectivity index (χ3v) is 7.82. The number of nitrogens with zero attached hydrogens (tertiary/aromatic N) is 2. The van der Waals surface area contributed by atoms with Gasteiger partial charge in [0.15, 0.2) is 0 Å². The predicted octanol–water partition coefficient (Wildman–Crippen LogP) is 5.05. The van der Waals surface area contributed by atoms with Gasteiger partial charge in [-0.3, -0.25) is 15.3 Å². The van der Waals surface area contributed by atoms with Crippen LogP contribution < -0.4 is 19.9 Å². The Balaban J connectivity index is 1.19. The molecule has 3 N–H and O–H groups in total. The van der Waals surface area contributed by atoms with Crippen molar-refractivity contribution in [2.75, 3.05) is 40.5 Å². The quantitative estimate of drug-likeness (QED) is 0.253. The Morgan fingerprint density at radius 2 is 1.59 bits per heavy atom. The number of hydrogen-bond donors (Lipinski definition) is 2. The maximum atomic E-state index is 8.88. The maximum absolute atomic E-state index is 8.88. The molecule has 41 heavy (non-hydrogen) atoms. The number of nitrogens with one attached hydrogen (secondary N) is 1. The highest BCUT2D eigenvalue weighted by Gasteiger charge is 2.21. The molecular weight excluding hydrogens is 516 g/mol. The van der Waals surface area contributed by atoms with Crippen molar-refractivity contribution < 1.29 is 18.9 Å². The number of piperidine rings is 1. The first-order valence-electron chi connectivity index (χ1n) is 14.3. The minimum absolute atomic E-state index is 0.133. The number of methoxy groups -OCH3 is 2. The van der Waals surface area contributed by atoms with Crippen LogP contribution in [0.25, 0.3) is 0 Å². The summed E-state index contributed by atoms with van der Waals surface area (Å²) in [5, 5.41) is 8.88. The van der Waals surface area contributed by atoms with Gasteiger partial charge in [-0.15, -0.1) is 0 Å². The molecule has 8 nitrogen and oxygen atoms in total. The summed E-state index contributed by atoms with van der Waals surface area (Å²) in [6.45, 7) is 4.27. The average Bonchev–Trinajstić information content (AvgIpc) is 3.55. The number of likely N-dealkylation sites (tertiary alicyclic amines) is 1. The zero-order valence-corrected chi connectivity index (χ0v) is 24.0. The van der Waals surface area contributed by atoms with E-state index in [1.807, 2.05) is 42.5 Å². The van der Waals surface area contributed by atoms with E-state index in [-0.39, 0.29) is 12.1 Å². The molecule has 2 aliphatic rings. The first kappa shape index (κ1) is 28.6. The average molecular weight is 557 g/mol. The van der Waals surface area contributed by atoms with E-state index >= 15 is 0 Å². The van der Waals surface area contributed by atoms with E-state index in [9.17, 15) is 0 Å². The predicted molar refractivity (Wildman–Crippen MR) is 162 cm³/mol. The van der Waals surface area contributed by atoms with E-state index in [1.165, 1.54) is 5.56 Å². The molecule has 0 saturated carbocycles. The lowest BCUT2D eigenvalue weighted by molar-refractivity contribution is 0.0679. The first-order chi connectivity index (χ1) is 20.0. The van der Waals surface area contributed by atoms with Crippen LogP contribution >= 0.6 is 0 Å². The van der Waals surface area contributed by atoms with Gasteiger partial charge in [0.1, 0.15) is 29.7 Å². The number of aliphatic imine (C=N–C) groups is 1. The number of amidine groups is 1. The van der Waals surface area contributed by atoms with E-state index < -0.39 is 0 Å². The van der Waals surface area contributed by atoms with E-state index in [1.54, 1.807) is 14.2 Å². The van der Waals surface area contributed by atoms with Crippen LogP contribution in [0, 0.1) is 5.41 Å². The molecule has 0 bridgehead atoms. The van der Waals surface area contributed by atoms with Crippen molar-refractivity contribution in [1.82, 2.24) is 4.90 Å². The van der Waals surface area contributed by atoms with Gasteiger partial charge in [-0.05, 0) is 85.8 Å². The molecule has 8 heteroatoms. The normalized spacial score (nSPS) is 18.3. The van der Waals surface area contributed by atoms with Gasteiger partial charge in [-0.1, -0.05) is 12.1 Å². The summed E-state index contributed by atoms with van der Waals surface area (Å²) in [5.74, 6) is 2.77. The molecule has 2 heterocycles. The summed E-state index contributed by atoms with van der Waals surface area (Å²) in [6, 6.07) is 21.6. The van der Waals surface area contributed by atoms with Crippen LogP contribution in [0.4, 0.5) is 0 Å². The standard InChI is InChI=1S/C33H40N4O4/c1-38-26-11-7-24(8-12-26)32(34)30-14-13-28(39-2)20-31(30)33(35)36-25-15-17-37(18-16-25)21-23-5-9-27(10-6-23)41-22-29-4-3-19-40-29/h5-14,20,25,29,34H,3-4,15-19,21-22H2,1-2H3,(H2,35,36). The summed E-state index contributed by atoms with van der Waals surface area (Å²) < 4.78 is 22.3. The second-order valence-corrected chi connectivity index (χ2v) is 10.6. The van der Waals surface area contributed by atoms with Crippen molar-refractivity contribution in [1.29, 1.82) is 5.41 Å². The fourth-order valence-corrected chi connectivity index (χ4v) is 5.38. The molecular formula is C33H40N4O4. The number of ether oxygens (including phenoxy) is 4. The number of nitrogens with two attached hydrogens (primary N) is 1. The van der Waals surface area contributed by atoms with E-state index in [4.69, 9.17) is 35.1 Å². The summed E-state index contributed by atoms with van der Waals surface area (Å²) >= 11 is 0. The molecule has 3 aromatic rings. The number of benzene rings is 3. The van der Waals surface area contributed by atoms with Crippen LogP contribution in [-0.2, 0) is 11.3 Å². The lowest BCUT2D eigenvalue weighted by atomic mass is 9.96. The summed E-state index contributed by atoms with van der Waals surface area (Å²) in [4.78, 5) is 7.38. The Morgan fingerprint density at radius 3 is 2.24 bits per heavy atom. The Labute approximate surface area is 242 Å². The molecule has 3 aromatic carbocycles. The van der Waals surface area contributed by atoms with Gasteiger partial charge in [0.2, 0.25) is 0 Å². The van der Waals surface area contributed by atoms with Gasteiger partial charge in [-0.25, -0.2) is 0 Å². The maximum Gasteiger partial charge on any atom is 0.126 e. The molecule has 0 amide bonds. The monoisotopic (exact) mass is 556 g/mol. The van der Waals surface area contributed by atoms with Crippen LogP contribution in [0.1, 0.15) is 47.9 Å². The van der Waals surface area contributed by atoms with Crippen LogP contribution in [0.5, 0.6) is 17.2 Å². The third-order valence-electron chi connectivity index (χ3n) is 7.82. The third kappa shape index (κ3) is 7.45. The van der Waals surface area contributed by atoms with Gasteiger partial charge in [-0.2, -0.15) is 0 Å². The molecule has 5 rings (SSSR count). The second-order valence-electron chi connectivity index (χ2n) is 10.6. The Hall–Kier alpha value is -3.88. The summed E-state index contributed by atoms with van der Waals surface area (Å²) in [6.07, 6.45) is 4.29. The lowest BCUT2D eigenvalue weighted by Gasteiger charge is -2.30. The minimum Gasteiger partial charge on any atom is -0.497 e. The number of rotatable bonds is 11. The van der Waals surface area contributed by atoms with Crippen molar-refractivity contribution >= 4 is 11.5 Å². The van der Waals surface area contributed by atoms with Crippen LogP contribution in [0.3, 0.4) is 0 Å². The van der Waals surface area contributed by atoms with Crippen molar-refractivity contribution in [3.63, 3.8) is 0 Å². The highest BCUT2D eigenvalue weighted by molar-refractivity contribution is 6.17. The van der Waals surface area contributed by atoms with Gasteiger partial charge in [0.25, 0.3) is 0 Å². The van der Waals surface area contributed by atoms with Crippen LogP contribution in [-0.4, -0.2) is 69.1 Å². The molecule has 1 atom stereocenters. The molecule has 2 fully saturated rings. The molecule has 0 aromatic heterocycles. The highest BCUT2D eigenvalue weighted by Crippen LogP contribution is 2.24. The summed E-state index contributed by atoms with van der Waals surface area (Å²) in [5.41, 5.74) is 10.5. The summed E-state index contributed by atoms with van der Waals surface area (Å²) in [7, 11) is 3.26. The number of hydrogen-bond acceptors (Lipinski definition) is 7. The fourth-order valence-electron chi connectivity index (χ4n) is 5.38. The zero-order chi connectivity index (χ0) is 28.6. The van der Waals surface area contributed by atoms with E-state index in [0.717, 1.165) is 80.1 Å². The first-order valence-corrected chi connectivity index (χ1v) is 14.3. The van der Waals surface area contributed by atoms with Gasteiger partial charge < -0.3 is 24.7 Å². The van der Waals surface area contributed by atoms with Gasteiger partial charge >= 0.3 is 0 Å². The molecule has 0 spiro atoms. The van der Waals surface area contributed by atoms with E-state index in [2.05, 4.69) is 29.2 Å². The molecule has 2 saturated heterocycles. The molecule has 0 radical (unpaired) electrons. The van der Waals surface area contributed by atoms with Crippen molar-refractivity contribution in [2.24, 2.45) is 10.7 Å². The fraction of sp³-hybridized carbons (Fsp3) is 0.394. The second kappa shape index (κ2) is 13.7. The lowest BCUT2D eigenvalue weighted by Crippen LogP contribution is -2.35. The van der Waals surface area contributed by atoms with Crippen LogP contribution in [0.15, 0.2) is 71.7 Å². The topological polar surface area (TPSA) is 102 Å². The minimum atomic E-state index is 0.133. The Bertz CT molecular complexity index is 1330. The highest BCUT2D eigenvalue weighted by atomic mass is 16.5.